The first-order valence-electron chi connectivity index (χ1n) is 6.21. The largest absolute Gasteiger partial charge is 0.353 e. The van der Waals surface area contributed by atoms with Gasteiger partial charge >= 0.3 is 0 Å². The Hall–Kier alpha value is -1.67. The fraction of sp³-hybridized carbons (Fsp3) is 0.125. The van der Waals surface area contributed by atoms with E-state index >= 15 is 0 Å². The van der Waals surface area contributed by atoms with Crippen molar-refractivity contribution in [3.8, 4) is 0 Å². The lowest BCUT2D eigenvalue weighted by molar-refractivity contribution is 1.18. The molecule has 2 aromatic carbocycles. The van der Waals surface area contributed by atoms with E-state index in [1.165, 1.54) is 26.7 Å². The smallest absolute Gasteiger partial charge is 0.0558 e. The van der Waals surface area contributed by atoms with Crippen molar-refractivity contribution < 1.29 is 0 Å². The minimum atomic E-state index is 1.05. The minimum Gasteiger partial charge on any atom is -0.353 e. The molecule has 0 aromatic heterocycles. The number of benzene rings is 2. The Kier molecular flexibility index (Phi) is 3.11. The summed E-state index contributed by atoms with van der Waals surface area (Å²) in [5.41, 5.74) is 3.72. The van der Waals surface area contributed by atoms with Gasteiger partial charge in [0.05, 0.1) is 11.4 Å². The number of hydrogen-bond donors (Lipinski definition) is 1. The van der Waals surface area contributed by atoms with Gasteiger partial charge in [0.2, 0.25) is 0 Å². The van der Waals surface area contributed by atoms with Crippen LogP contribution >= 0.6 is 11.8 Å². The van der Waals surface area contributed by atoms with Crippen LogP contribution in [-0.2, 0) is 0 Å². The second-order valence-electron chi connectivity index (χ2n) is 4.24. The minimum absolute atomic E-state index is 1.05. The summed E-state index contributed by atoms with van der Waals surface area (Å²) in [6.45, 7) is 2.21. The van der Waals surface area contributed by atoms with Crippen LogP contribution in [0.1, 0.15) is 18.9 Å². The van der Waals surface area contributed by atoms with E-state index < -0.39 is 0 Å². The third-order valence-corrected chi connectivity index (χ3v) is 4.36. The second-order valence-corrected chi connectivity index (χ2v) is 5.38. The molecule has 0 saturated heterocycles. The monoisotopic (exact) mass is 253 g/mol. The third kappa shape index (κ3) is 2.04. The maximum absolute atomic E-state index is 3.57. The number of nitrogens with one attached hydrogen (secondary N) is 1. The van der Waals surface area contributed by atoms with Crippen LogP contribution in [0.15, 0.2) is 64.4 Å². The van der Waals surface area contributed by atoms with E-state index in [-0.39, 0.29) is 0 Å². The Bertz CT molecular complexity index is 587. The van der Waals surface area contributed by atoms with Crippen molar-refractivity contribution in [2.24, 2.45) is 0 Å². The number of para-hydroxylation sites is 1. The van der Waals surface area contributed by atoms with Gasteiger partial charge in [-0.1, -0.05) is 61.2 Å². The molecule has 1 nitrogen and oxygen atoms in total. The molecule has 1 heterocycles. The molecule has 0 radical (unpaired) electrons. The molecule has 0 spiro atoms. The van der Waals surface area contributed by atoms with Crippen molar-refractivity contribution in [3.63, 3.8) is 0 Å². The lowest BCUT2D eigenvalue weighted by Gasteiger charge is -2.23. The van der Waals surface area contributed by atoms with Gasteiger partial charge in [0.15, 0.2) is 0 Å². The van der Waals surface area contributed by atoms with Gasteiger partial charge in [-0.25, -0.2) is 0 Å². The first-order valence-corrected chi connectivity index (χ1v) is 7.02. The van der Waals surface area contributed by atoms with Crippen molar-refractivity contribution in [1.29, 1.82) is 0 Å². The second kappa shape index (κ2) is 4.91. The molecule has 90 valence electrons. The number of allylic oxidation sites excluding steroid dienone is 1. The van der Waals surface area contributed by atoms with Gasteiger partial charge in [0.1, 0.15) is 0 Å². The molecule has 0 fully saturated rings. The van der Waals surface area contributed by atoms with E-state index in [2.05, 4.69) is 66.8 Å². The Balaban J connectivity index is 2.06. The van der Waals surface area contributed by atoms with Crippen LogP contribution in [0.3, 0.4) is 0 Å². The molecule has 1 aliphatic heterocycles. The average Bonchev–Trinajstić information content (AvgIpc) is 2.46. The molecule has 0 atom stereocenters. The number of fused-ring (bicyclic) bond motifs is 1. The van der Waals surface area contributed by atoms with Gasteiger partial charge in [-0.2, -0.15) is 0 Å². The zero-order valence-electron chi connectivity index (χ0n) is 10.3. The fourth-order valence-corrected chi connectivity index (χ4v) is 3.19. The van der Waals surface area contributed by atoms with E-state index in [1.807, 2.05) is 11.8 Å². The highest BCUT2D eigenvalue weighted by molar-refractivity contribution is 8.03. The quantitative estimate of drug-likeness (QED) is 0.809. The van der Waals surface area contributed by atoms with Crippen molar-refractivity contribution in [3.05, 3.63) is 65.1 Å². The first-order chi connectivity index (χ1) is 8.88. The summed E-state index contributed by atoms with van der Waals surface area (Å²) in [7, 11) is 0. The van der Waals surface area contributed by atoms with Gasteiger partial charge in [0, 0.05) is 9.80 Å². The molecule has 18 heavy (non-hydrogen) atoms. The van der Waals surface area contributed by atoms with Crippen molar-refractivity contribution in [2.75, 3.05) is 5.32 Å². The molecular weight excluding hydrogens is 238 g/mol. The molecule has 0 saturated carbocycles. The van der Waals surface area contributed by atoms with Crippen molar-refractivity contribution >= 4 is 23.1 Å². The maximum Gasteiger partial charge on any atom is 0.0558 e. The molecule has 0 aliphatic carbocycles. The highest BCUT2D eigenvalue weighted by atomic mass is 32.2. The van der Waals surface area contributed by atoms with Crippen LogP contribution < -0.4 is 5.32 Å². The van der Waals surface area contributed by atoms with Gasteiger partial charge < -0.3 is 5.32 Å². The van der Waals surface area contributed by atoms with E-state index in [1.54, 1.807) is 0 Å². The molecule has 1 aliphatic rings. The van der Waals surface area contributed by atoms with Crippen LogP contribution in [-0.4, -0.2) is 0 Å². The first kappa shape index (κ1) is 11.4. The summed E-state index contributed by atoms with van der Waals surface area (Å²) >= 11 is 1.88. The van der Waals surface area contributed by atoms with E-state index in [0.29, 0.717) is 0 Å². The van der Waals surface area contributed by atoms with Gasteiger partial charge in [-0.15, -0.1) is 0 Å². The summed E-state index contributed by atoms with van der Waals surface area (Å²) in [5, 5.41) is 3.57. The Morgan fingerprint density at radius 1 is 0.944 bits per heavy atom. The lowest BCUT2D eigenvalue weighted by atomic mass is 10.1. The van der Waals surface area contributed by atoms with Gasteiger partial charge in [-0.3, -0.25) is 0 Å². The van der Waals surface area contributed by atoms with Crippen molar-refractivity contribution in [2.45, 2.75) is 18.2 Å². The number of rotatable bonds is 2. The van der Waals surface area contributed by atoms with Crippen LogP contribution in [0, 0.1) is 0 Å². The summed E-state index contributed by atoms with van der Waals surface area (Å²) in [4.78, 5) is 2.72. The van der Waals surface area contributed by atoms with Crippen LogP contribution in [0.25, 0.3) is 5.70 Å². The highest BCUT2D eigenvalue weighted by Crippen LogP contribution is 2.43. The molecule has 0 amide bonds. The maximum atomic E-state index is 3.57. The van der Waals surface area contributed by atoms with E-state index in [4.69, 9.17) is 0 Å². The topological polar surface area (TPSA) is 12.0 Å². The predicted octanol–water partition coefficient (Wildman–Crippen LogP) is 4.98. The zero-order chi connectivity index (χ0) is 12.4. The van der Waals surface area contributed by atoms with Crippen LogP contribution in [0.4, 0.5) is 5.69 Å². The number of anilines is 1. The van der Waals surface area contributed by atoms with Gasteiger partial charge in [-0.05, 0) is 24.1 Å². The third-order valence-electron chi connectivity index (χ3n) is 3.04. The Morgan fingerprint density at radius 3 is 2.44 bits per heavy atom. The molecule has 3 rings (SSSR count). The van der Waals surface area contributed by atoms with Gasteiger partial charge in [0.25, 0.3) is 0 Å². The predicted molar refractivity (Wildman–Crippen MR) is 79.6 cm³/mol. The van der Waals surface area contributed by atoms with Crippen LogP contribution in [0.5, 0.6) is 0 Å². The summed E-state index contributed by atoms with van der Waals surface area (Å²) in [6, 6.07) is 19.0. The summed E-state index contributed by atoms with van der Waals surface area (Å²) in [5.74, 6) is 0. The Morgan fingerprint density at radius 2 is 1.67 bits per heavy atom. The summed E-state index contributed by atoms with van der Waals surface area (Å²) in [6.07, 6.45) is 1.05. The standard InChI is InChI=1S/C16H15NS/c1-2-14-16(12-8-4-3-5-9-12)17-13-10-6-7-11-15(13)18-14/h3-11,17H,2H2,1H3. The van der Waals surface area contributed by atoms with Crippen LogP contribution in [0.2, 0.25) is 0 Å². The van der Waals surface area contributed by atoms with E-state index in [0.717, 1.165) is 6.42 Å². The number of hydrogen-bond acceptors (Lipinski definition) is 2. The summed E-state index contributed by atoms with van der Waals surface area (Å²) < 4.78 is 0. The SMILES string of the molecule is CCC1=C(c2ccccc2)Nc2ccccc2S1. The van der Waals surface area contributed by atoms with E-state index in [9.17, 15) is 0 Å². The molecule has 2 heteroatoms. The molecule has 2 aromatic rings. The highest BCUT2D eigenvalue weighted by Gasteiger charge is 2.17. The molecule has 0 unspecified atom stereocenters. The number of thioether (sulfide) groups is 1. The Labute approximate surface area is 112 Å². The molecular formula is C16H15NS. The molecule has 0 bridgehead atoms. The fourth-order valence-electron chi connectivity index (χ4n) is 2.13. The van der Waals surface area contributed by atoms with Crippen molar-refractivity contribution in [1.82, 2.24) is 0 Å². The lowest BCUT2D eigenvalue weighted by Crippen LogP contribution is -2.06. The zero-order valence-corrected chi connectivity index (χ0v) is 11.1. The molecule has 1 N–H and O–H groups in total. The normalized spacial score (nSPS) is 14.1. The average molecular weight is 253 g/mol.